The second-order valence-corrected chi connectivity index (χ2v) is 4.61. The van der Waals surface area contributed by atoms with Gasteiger partial charge in [-0.05, 0) is 31.5 Å². The van der Waals surface area contributed by atoms with Crippen LogP contribution in [0.2, 0.25) is 0 Å². The summed E-state index contributed by atoms with van der Waals surface area (Å²) in [6, 6.07) is 5.68. The quantitative estimate of drug-likeness (QED) is 0.888. The van der Waals surface area contributed by atoms with Crippen LogP contribution in [-0.4, -0.2) is 22.6 Å². The molecule has 0 aliphatic carbocycles. The first-order valence-corrected chi connectivity index (χ1v) is 6.50. The van der Waals surface area contributed by atoms with Crippen molar-refractivity contribution in [2.24, 2.45) is 0 Å². The van der Waals surface area contributed by atoms with Gasteiger partial charge < -0.3 is 5.32 Å². The molecule has 0 radical (unpaired) electrons. The number of aryl methyl sites for hydroxylation is 1. The van der Waals surface area contributed by atoms with Crippen LogP contribution in [0.25, 0.3) is 0 Å². The lowest BCUT2D eigenvalue weighted by atomic mass is 10.1. The van der Waals surface area contributed by atoms with Crippen molar-refractivity contribution in [3.8, 4) is 0 Å². The number of anilines is 2. The van der Waals surface area contributed by atoms with E-state index in [1.165, 1.54) is 11.3 Å². The molecule has 0 unspecified atom stereocenters. The van der Waals surface area contributed by atoms with Gasteiger partial charge in [-0.1, -0.05) is 17.4 Å². The lowest BCUT2D eigenvalue weighted by Gasteiger charge is -2.10. The van der Waals surface area contributed by atoms with E-state index in [0.717, 1.165) is 17.8 Å². The molecule has 0 aliphatic rings. The smallest absolute Gasteiger partial charge is 0.259 e. The molecule has 2 rings (SSSR count). The largest absolute Gasteiger partial charge is 0.385 e. The first-order chi connectivity index (χ1) is 8.70. The second-order valence-electron chi connectivity index (χ2n) is 3.78. The Morgan fingerprint density at radius 1 is 1.44 bits per heavy atom. The van der Waals surface area contributed by atoms with E-state index in [-0.39, 0.29) is 5.91 Å². The predicted octanol–water partition coefficient (Wildman–Crippen LogP) is 2.53. The molecular weight excluding hydrogens is 248 g/mol. The number of nitrogens with zero attached hydrogens (tertiary/aromatic N) is 2. The summed E-state index contributed by atoms with van der Waals surface area (Å²) in [5.74, 6) is -0.178. The Bertz CT molecular complexity index is 539. The summed E-state index contributed by atoms with van der Waals surface area (Å²) < 4.78 is 0. The lowest BCUT2D eigenvalue weighted by molar-refractivity contribution is 0.102. The van der Waals surface area contributed by atoms with E-state index >= 15 is 0 Å². The van der Waals surface area contributed by atoms with Crippen molar-refractivity contribution < 1.29 is 4.79 Å². The molecule has 1 aromatic carbocycles. The molecule has 2 N–H and O–H groups in total. The van der Waals surface area contributed by atoms with E-state index in [1.807, 2.05) is 32.0 Å². The van der Waals surface area contributed by atoms with Gasteiger partial charge in [0, 0.05) is 12.2 Å². The Morgan fingerprint density at radius 2 is 2.28 bits per heavy atom. The summed E-state index contributed by atoms with van der Waals surface area (Å²) in [7, 11) is 0. The highest BCUT2D eigenvalue weighted by atomic mass is 32.1. The van der Waals surface area contributed by atoms with E-state index in [9.17, 15) is 4.79 Å². The second kappa shape index (κ2) is 5.59. The molecule has 0 bridgehead atoms. The van der Waals surface area contributed by atoms with Gasteiger partial charge in [-0.15, -0.1) is 10.2 Å². The first-order valence-electron chi connectivity index (χ1n) is 5.62. The van der Waals surface area contributed by atoms with Crippen molar-refractivity contribution in [1.29, 1.82) is 0 Å². The van der Waals surface area contributed by atoms with E-state index in [1.54, 1.807) is 5.51 Å². The van der Waals surface area contributed by atoms with E-state index < -0.39 is 0 Å². The van der Waals surface area contributed by atoms with Gasteiger partial charge in [0.1, 0.15) is 5.51 Å². The van der Waals surface area contributed by atoms with Gasteiger partial charge in [0.25, 0.3) is 5.91 Å². The first kappa shape index (κ1) is 12.5. The number of carbonyl (C=O) groups is 1. The fourth-order valence-corrected chi connectivity index (χ4v) is 2.02. The summed E-state index contributed by atoms with van der Waals surface area (Å²) in [5.41, 5.74) is 4.13. The number of rotatable bonds is 4. The Kier molecular flexibility index (Phi) is 3.88. The van der Waals surface area contributed by atoms with Crippen molar-refractivity contribution in [3.05, 3.63) is 34.8 Å². The van der Waals surface area contributed by atoms with Crippen LogP contribution in [0, 0.1) is 6.92 Å². The lowest BCUT2D eigenvalue weighted by Crippen LogP contribution is -2.14. The Hall–Kier alpha value is -1.95. The molecule has 0 fully saturated rings. The number of nitrogens with one attached hydrogen (secondary N) is 2. The highest BCUT2D eigenvalue weighted by Gasteiger charge is 2.12. The van der Waals surface area contributed by atoms with Gasteiger partial charge in [0.15, 0.2) is 0 Å². The summed E-state index contributed by atoms with van der Waals surface area (Å²) in [6.07, 6.45) is 0. The van der Waals surface area contributed by atoms with Gasteiger partial charge >= 0.3 is 0 Å². The molecule has 0 saturated carbocycles. The number of amides is 1. The predicted molar refractivity (Wildman–Crippen MR) is 73.2 cm³/mol. The zero-order valence-corrected chi connectivity index (χ0v) is 11.0. The fraction of sp³-hybridized carbons (Fsp3) is 0.250. The average molecular weight is 262 g/mol. The van der Waals surface area contributed by atoms with Gasteiger partial charge in [-0.2, -0.15) is 0 Å². The van der Waals surface area contributed by atoms with E-state index in [0.29, 0.717) is 10.7 Å². The highest BCUT2D eigenvalue weighted by molar-refractivity contribution is 7.13. The van der Waals surface area contributed by atoms with Crippen LogP contribution < -0.4 is 10.6 Å². The molecule has 18 heavy (non-hydrogen) atoms. The fourth-order valence-electron chi connectivity index (χ4n) is 1.58. The highest BCUT2D eigenvalue weighted by Crippen LogP contribution is 2.19. The number of aromatic nitrogens is 2. The summed E-state index contributed by atoms with van der Waals surface area (Å²) >= 11 is 1.29. The van der Waals surface area contributed by atoms with Gasteiger partial charge in [0.05, 0.1) is 5.56 Å². The third-order valence-electron chi connectivity index (χ3n) is 2.37. The third kappa shape index (κ3) is 2.84. The van der Waals surface area contributed by atoms with Crippen LogP contribution in [0.3, 0.4) is 0 Å². The van der Waals surface area contributed by atoms with E-state index in [4.69, 9.17) is 0 Å². The van der Waals surface area contributed by atoms with E-state index in [2.05, 4.69) is 20.8 Å². The van der Waals surface area contributed by atoms with Crippen molar-refractivity contribution in [3.63, 3.8) is 0 Å². The zero-order valence-electron chi connectivity index (χ0n) is 10.2. The number of benzene rings is 1. The summed E-state index contributed by atoms with van der Waals surface area (Å²) in [6.45, 7) is 4.75. The Morgan fingerprint density at radius 3 is 2.94 bits per heavy atom. The maximum Gasteiger partial charge on any atom is 0.259 e. The monoisotopic (exact) mass is 262 g/mol. The number of carbonyl (C=O) groups excluding carboxylic acids is 1. The van der Waals surface area contributed by atoms with Crippen LogP contribution in [0.1, 0.15) is 22.8 Å². The molecule has 0 aliphatic heterocycles. The van der Waals surface area contributed by atoms with Gasteiger partial charge in [-0.3, -0.25) is 10.1 Å². The van der Waals surface area contributed by atoms with Gasteiger partial charge in [-0.25, -0.2) is 0 Å². The molecule has 2 aromatic rings. The molecule has 94 valence electrons. The van der Waals surface area contributed by atoms with Crippen molar-refractivity contribution in [1.82, 2.24) is 10.2 Å². The number of hydrogen-bond acceptors (Lipinski definition) is 5. The van der Waals surface area contributed by atoms with Crippen LogP contribution >= 0.6 is 11.3 Å². The minimum Gasteiger partial charge on any atom is -0.385 e. The third-order valence-corrected chi connectivity index (χ3v) is 2.97. The molecule has 0 atom stereocenters. The molecule has 0 spiro atoms. The zero-order chi connectivity index (χ0) is 13.0. The van der Waals surface area contributed by atoms with Crippen molar-refractivity contribution >= 4 is 28.1 Å². The van der Waals surface area contributed by atoms with Crippen LogP contribution in [-0.2, 0) is 0 Å². The average Bonchev–Trinajstić information content (AvgIpc) is 2.82. The van der Waals surface area contributed by atoms with Crippen molar-refractivity contribution in [2.75, 3.05) is 17.2 Å². The molecule has 1 aromatic heterocycles. The topological polar surface area (TPSA) is 66.9 Å². The van der Waals surface area contributed by atoms with Crippen LogP contribution in [0.5, 0.6) is 0 Å². The Labute approximate surface area is 109 Å². The normalized spacial score (nSPS) is 10.1. The van der Waals surface area contributed by atoms with Gasteiger partial charge in [0.2, 0.25) is 5.13 Å². The van der Waals surface area contributed by atoms with Crippen LogP contribution in [0.15, 0.2) is 23.7 Å². The SMILES string of the molecule is CCNc1cc(C)ccc1C(=O)Nc1nncs1. The molecule has 1 heterocycles. The summed E-state index contributed by atoms with van der Waals surface area (Å²) in [4.78, 5) is 12.1. The minimum atomic E-state index is -0.178. The summed E-state index contributed by atoms with van der Waals surface area (Å²) in [5, 5.41) is 13.9. The minimum absolute atomic E-state index is 0.178. The molecule has 6 heteroatoms. The molecule has 1 amide bonds. The maximum atomic E-state index is 12.1. The van der Waals surface area contributed by atoms with Crippen LogP contribution in [0.4, 0.5) is 10.8 Å². The maximum absolute atomic E-state index is 12.1. The standard InChI is InChI=1S/C12H14N4OS/c1-3-13-10-6-8(2)4-5-9(10)11(17)15-12-16-14-7-18-12/h4-7,13H,3H2,1-2H3,(H,15,16,17). The molecular formula is C12H14N4OS. The van der Waals surface area contributed by atoms with Crippen molar-refractivity contribution in [2.45, 2.75) is 13.8 Å². The Balaban J connectivity index is 2.23. The molecule has 0 saturated heterocycles. The molecule has 5 nitrogen and oxygen atoms in total. The number of hydrogen-bond donors (Lipinski definition) is 2.